The highest BCUT2D eigenvalue weighted by molar-refractivity contribution is 5.73. The molecule has 0 bridgehead atoms. The Morgan fingerprint density at radius 3 is 0.846 bits per heavy atom. The van der Waals surface area contributed by atoms with E-state index in [1.165, 1.54) is 6.92 Å². The van der Waals surface area contributed by atoms with Gasteiger partial charge in [0, 0.05) is 33.4 Å². The summed E-state index contributed by atoms with van der Waals surface area (Å²) in [4.78, 5) is 0. The molecule has 0 amide bonds. The van der Waals surface area contributed by atoms with Crippen LogP contribution in [0.3, 0.4) is 0 Å². The van der Waals surface area contributed by atoms with E-state index in [1.807, 2.05) is 0 Å². The molecule has 26 heavy (non-hydrogen) atoms. The van der Waals surface area contributed by atoms with Gasteiger partial charge in [-0.15, -0.1) is 0 Å². The number of hydrogen-bond donors (Lipinski definition) is 0. The Kier molecular flexibility index (Phi) is 2.19. The van der Waals surface area contributed by atoms with E-state index in [2.05, 4.69) is 0 Å². The standard InChI is InChI=1S/C23H15F3/c1-20-21(24)14-8-2-3-9-15(14)22(20,25)18-12-6-7-13-19(18)23(20,26)17-11-5-4-10-16(17)21/h2-13H,1H3. The zero-order chi connectivity index (χ0) is 17.9. The van der Waals surface area contributed by atoms with Crippen LogP contribution in [-0.2, 0) is 17.0 Å². The Balaban J connectivity index is 1.93. The van der Waals surface area contributed by atoms with E-state index < -0.39 is 22.4 Å². The van der Waals surface area contributed by atoms with Crippen LogP contribution >= 0.6 is 0 Å². The summed E-state index contributed by atoms with van der Waals surface area (Å²) in [5.41, 5.74) is -7.17. The highest BCUT2D eigenvalue weighted by Crippen LogP contribution is 2.83. The molecule has 0 saturated carbocycles. The molecular weight excluding hydrogens is 333 g/mol. The van der Waals surface area contributed by atoms with Crippen molar-refractivity contribution in [2.24, 2.45) is 5.41 Å². The molecule has 128 valence electrons. The van der Waals surface area contributed by atoms with Gasteiger partial charge in [-0.1, -0.05) is 72.8 Å². The molecule has 3 aliphatic rings. The van der Waals surface area contributed by atoms with Crippen LogP contribution in [0.25, 0.3) is 0 Å². The van der Waals surface area contributed by atoms with E-state index >= 15 is 13.2 Å². The average molecular weight is 348 g/mol. The molecule has 0 aliphatic heterocycles. The van der Waals surface area contributed by atoms with Crippen LogP contribution in [0.15, 0.2) is 72.8 Å². The number of fused-ring (bicyclic) bond motifs is 9. The molecule has 0 fully saturated rings. The maximum absolute atomic E-state index is 17.0. The largest absolute Gasteiger partial charge is 0.232 e. The SMILES string of the molecule is CC12C3(F)c4ccccc4C1(F)c1ccccc1C2(F)c1ccccc13. The third kappa shape index (κ3) is 1.03. The smallest absolute Gasteiger partial charge is 0.174 e. The molecule has 3 aromatic rings. The second-order valence-electron chi connectivity index (χ2n) is 7.74. The van der Waals surface area contributed by atoms with Crippen molar-refractivity contribution in [3.8, 4) is 0 Å². The van der Waals surface area contributed by atoms with E-state index in [-0.39, 0.29) is 33.4 Å². The minimum absolute atomic E-state index is 0.242. The molecule has 3 heteroatoms. The van der Waals surface area contributed by atoms with Gasteiger partial charge in [-0.2, -0.15) is 0 Å². The number of rotatable bonds is 0. The summed E-state index contributed by atoms with van der Waals surface area (Å²) in [6, 6.07) is 19.8. The van der Waals surface area contributed by atoms with Crippen molar-refractivity contribution >= 4 is 0 Å². The Morgan fingerprint density at radius 2 is 0.654 bits per heavy atom. The number of hydrogen-bond acceptors (Lipinski definition) is 0. The van der Waals surface area contributed by atoms with Crippen LogP contribution in [0.5, 0.6) is 0 Å². The fourth-order valence-corrected chi connectivity index (χ4v) is 6.02. The average Bonchev–Trinajstić information content (AvgIpc) is 3.05. The summed E-state index contributed by atoms with van der Waals surface area (Å²) in [6.07, 6.45) is 0. The van der Waals surface area contributed by atoms with Crippen molar-refractivity contribution in [2.45, 2.75) is 23.9 Å². The zero-order valence-electron chi connectivity index (χ0n) is 14.1. The van der Waals surface area contributed by atoms with Gasteiger partial charge >= 0.3 is 0 Å². The first-order valence-corrected chi connectivity index (χ1v) is 8.80. The molecule has 3 aromatic carbocycles. The molecule has 3 aliphatic carbocycles. The van der Waals surface area contributed by atoms with Gasteiger partial charge in [0.2, 0.25) is 0 Å². The Hall–Kier alpha value is -2.55. The predicted octanol–water partition coefficient (Wildman–Crippen LogP) is 5.67. The molecule has 0 unspecified atom stereocenters. The van der Waals surface area contributed by atoms with Crippen LogP contribution in [0.4, 0.5) is 13.2 Å². The van der Waals surface area contributed by atoms with Crippen LogP contribution < -0.4 is 0 Å². The highest BCUT2D eigenvalue weighted by Gasteiger charge is 2.87. The highest BCUT2D eigenvalue weighted by atomic mass is 19.2. The van der Waals surface area contributed by atoms with Crippen molar-refractivity contribution in [3.63, 3.8) is 0 Å². The van der Waals surface area contributed by atoms with Gasteiger partial charge in [-0.25, -0.2) is 13.2 Å². The molecule has 0 spiro atoms. The topological polar surface area (TPSA) is 0 Å². The summed E-state index contributed by atoms with van der Waals surface area (Å²) in [7, 11) is 0. The summed E-state index contributed by atoms with van der Waals surface area (Å²) in [6.45, 7) is 1.44. The molecule has 0 saturated heterocycles. The lowest BCUT2D eigenvalue weighted by molar-refractivity contribution is -0.107. The molecule has 0 nitrogen and oxygen atoms in total. The number of alkyl halides is 3. The Labute approximate surface area is 149 Å². The van der Waals surface area contributed by atoms with Gasteiger partial charge in [0.05, 0.1) is 5.41 Å². The normalized spacial score (nSPS) is 37.8. The third-order valence-corrected chi connectivity index (χ3v) is 7.07. The lowest BCUT2D eigenvalue weighted by atomic mass is 9.66. The number of benzene rings is 3. The Bertz CT molecular complexity index is 905. The first kappa shape index (κ1) is 14.6. The van der Waals surface area contributed by atoms with Crippen molar-refractivity contribution in [1.29, 1.82) is 0 Å². The summed E-state index contributed by atoms with van der Waals surface area (Å²) >= 11 is 0. The molecular formula is C23H15F3. The fraction of sp³-hybridized carbons (Fsp3) is 0.217. The van der Waals surface area contributed by atoms with Gasteiger partial charge in [0.15, 0.2) is 17.0 Å². The quantitative estimate of drug-likeness (QED) is 0.491. The summed E-state index contributed by atoms with van der Waals surface area (Å²) in [5, 5.41) is 0. The van der Waals surface area contributed by atoms with Gasteiger partial charge in [-0.05, 0) is 6.92 Å². The monoisotopic (exact) mass is 348 g/mol. The maximum Gasteiger partial charge on any atom is 0.174 e. The lowest BCUT2D eigenvalue weighted by Crippen LogP contribution is -2.49. The Morgan fingerprint density at radius 1 is 0.462 bits per heavy atom. The second kappa shape index (κ2) is 3.90. The van der Waals surface area contributed by atoms with Gasteiger partial charge in [0.1, 0.15) is 0 Å². The molecule has 6 rings (SSSR count). The molecule has 0 aromatic heterocycles. The van der Waals surface area contributed by atoms with Crippen LogP contribution in [0, 0.1) is 5.41 Å². The molecule has 0 radical (unpaired) electrons. The van der Waals surface area contributed by atoms with Crippen molar-refractivity contribution < 1.29 is 13.2 Å². The van der Waals surface area contributed by atoms with Crippen LogP contribution in [0.2, 0.25) is 0 Å². The van der Waals surface area contributed by atoms with Gasteiger partial charge in [0.25, 0.3) is 0 Å². The first-order valence-electron chi connectivity index (χ1n) is 8.80. The first-order chi connectivity index (χ1) is 12.4. The van der Waals surface area contributed by atoms with E-state index in [1.54, 1.807) is 72.8 Å². The maximum atomic E-state index is 17.0. The minimum Gasteiger partial charge on any atom is -0.232 e. The predicted molar refractivity (Wildman–Crippen MR) is 93.1 cm³/mol. The van der Waals surface area contributed by atoms with Crippen molar-refractivity contribution in [1.82, 2.24) is 0 Å². The van der Waals surface area contributed by atoms with Gasteiger partial charge < -0.3 is 0 Å². The summed E-state index contributed by atoms with van der Waals surface area (Å²) in [5.74, 6) is 0. The van der Waals surface area contributed by atoms with E-state index in [4.69, 9.17) is 0 Å². The minimum atomic E-state index is -2.23. The van der Waals surface area contributed by atoms with Crippen LogP contribution in [-0.4, -0.2) is 0 Å². The number of halogens is 3. The van der Waals surface area contributed by atoms with E-state index in [0.29, 0.717) is 0 Å². The lowest BCUT2D eigenvalue weighted by Gasteiger charge is -2.41. The second-order valence-corrected chi connectivity index (χ2v) is 7.74. The van der Waals surface area contributed by atoms with E-state index in [0.717, 1.165) is 0 Å². The third-order valence-electron chi connectivity index (χ3n) is 7.07. The summed E-state index contributed by atoms with van der Waals surface area (Å²) < 4.78 is 51.0. The fourth-order valence-electron chi connectivity index (χ4n) is 6.02. The van der Waals surface area contributed by atoms with E-state index in [9.17, 15) is 0 Å². The zero-order valence-corrected chi connectivity index (χ0v) is 14.1. The molecule has 0 heterocycles. The molecule has 0 N–H and O–H groups in total. The van der Waals surface area contributed by atoms with Crippen LogP contribution in [0.1, 0.15) is 40.3 Å². The van der Waals surface area contributed by atoms with Crippen molar-refractivity contribution in [2.75, 3.05) is 0 Å². The molecule has 0 atom stereocenters. The van der Waals surface area contributed by atoms with Crippen molar-refractivity contribution in [3.05, 3.63) is 106 Å². The van der Waals surface area contributed by atoms with Gasteiger partial charge in [-0.3, -0.25) is 0 Å².